The summed E-state index contributed by atoms with van der Waals surface area (Å²) in [5.74, 6) is 0.544. The van der Waals surface area contributed by atoms with Crippen LogP contribution in [-0.2, 0) is 9.53 Å². The van der Waals surface area contributed by atoms with Crippen LogP contribution in [0, 0.1) is 5.92 Å². The van der Waals surface area contributed by atoms with E-state index in [0.29, 0.717) is 13.2 Å². The van der Waals surface area contributed by atoms with Crippen molar-refractivity contribution in [1.82, 2.24) is 5.32 Å². The molecule has 0 radical (unpaired) electrons. The molecule has 0 aromatic carbocycles. The Hall–Kier alpha value is -0.610. The molecular weight excluding hydrogens is 218 g/mol. The highest BCUT2D eigenvalue weighted by molar-refractivity contribution is 5.69. The number of nitrogens with one attached hydrogen (secondary N) is 1. The summed E-state index contributed by atoms with van der Waals surface area (Å²) in [5, 5.41) is 12.8. The van der Waals surface area contributed by atoms with Crippen LogP contribution >= 0.6 is 0 Å². The second-order valence-corrected chi connectivity index (χ2v) is 4.81. The lowest BCUT2D eigenvalue weighted by Gasteiger charge is -2.13. The fraction of sp³-hybridized carbons (Fsp3) is 0.923. The van der Waals surface area contributed by atoms with Gasteiger partial charge in [0.2, 0.25) is 0 Å². The lowest BCUT2D eigenvalue weighted by atomic mass is 10.0. The van der Waals surface area contributed by atoms with Crippen molar-refractivity contribution in [3.63, 3.8) is 0 Å². The minimum absolute atomic E-state index is 0.0876. The average molecular weight is 243 g/mol. The number of hydrogen-bond acceptors (Lipinski definition) is 4. The highest BCUT2D eigenvalue weighted by Gasteiger charge is 2.15. The molecule has 100 valence electrons. The molecule has 4 nitrogen and oxygen atoms in total. The lowest BCUT2D eigenvalue weighted by Crippen LogP contribution is -2.30. The van der Waals surface area contributed by atoms with Gasteiger partial charge in [-0.15, -0.1) is 0 Å². The summed E-state index contributed by atoms with van der Waals surface area (Å²) in [7, 11) is 0. The second-order valence-electron chi connectivity index (χ2n) is 4.81. The number of aliphatic hydroxyl groups excluding tert-OH is 1. The Morgan fingerprint density at radius 2 is 2.18 bits per heavy atom. The van der Waals surface area contributed by atoms with Crippen LogP contribution in [0.15, 0.2) is 0 Å². The van der Waals surface area contributed by atoms with Crippen molar-refractivity contribution < 1.29 is 14.6 Å². The molecule has 2 N–H and O–H groups in total. The first-order valence-corrected chi connectivity index (χ1v) is 6.76. The van der Waals surface area contributed by atoms with Gasteiger partial charge in [-0.3, -0.25) is 4.79 Å². The van der Waals surface area contributed by atoms with Gasteiger partial charge in [-0.1, -0.05) is 25.7 Å². The molecule has 0 aromatic heterocycles. The maximum atomic E-state index is 11.1. The van der Waals surface area contributed by atoms with Crippen molar-refractivity contribution in [3.05, 3.63) is 0 Å². The van der Waals surface area contributed by atoms with E-state index in [1.807, 2.05) is 0 Å². The van der Waals surface area contributed by atoms with Gasteiger partial charge in [0.1, 0.15) is 0 Å². The number of aliphatic hydroxyl groups is 1. The number of rotatable bonds is 8. The zero-order chi connectivity index (χ0) is 12.5. The van der Waals surface area contributed by atoms with Crippen LogP contribution in [-0.4, -0.2) is 36.9 Å². The molecule has 1 unspecified atom stereocenters. The minimum atomic E-state index is -0.627. The first kappa shape index (κ1) is 14.5. The molecular formula is C13H25NO3. The van der Waals surface area contributed by atoms with Gasteiger partial charge in [-0.2, -0.15) is 0 Å². The molecule has 0 saturated heterocycles. The Bertz CT molecular complexity index is 215. The predicted octanol–water partition coefficient (Wildman–Crippen LogP) is 1.47. The zero-order valence-corrected chi connectivity index (χ0v) is 10.8. The standard InChI is InChI=1S/C13H25NO3/c1-2-17-13(16)9-12(15)10-14-8-7-11-5-3-4-6-11/h11-12,14-15H,2-10H2,1H3. The molecule has 1 fully saturated rings. The fourth-order valence-electron chi connectivity index (χ4n) is 2.36. The summed E-state index contributed by atoms with van der Waals surface area (Å²) in [5.41, 5.74) is 0. The van der Waals surface area contributed by atoms with Crippen molar-refractivity contribution in [1.29, 1.82) is 0 Å². The third kappa shape index (κ3) is 6.64. The van der Waals surface area contributed by atoms with Gasteiger partial charge in [0.15, 0.2) is 0 Å². The van der Waals surface area contributed by atoms with Gasteiger partial charge < -0.3 is 15.2 Å². The Morgan fingerprint density at radius 1 is 1.47 bits per heavy atom. The van der Waals surface area contributed by atoms with Crippen molar-refractivity contribution in [3.8, 4) is 0 Å². The summed E-state index contributed by atoms with van der Waals surface area (Å²) in [6.45, 7) is 3.56. The maximum absolute atomic E-state index is 11.1. The largest absolute Gasteiger partial charge is 0.466 e. The molecule has 1 atom stereocenters. The number of esters is 1. The van der Waals surface area contributed by atoms with Crippen LogP contribution in [0.25, 0.3) is 0 Å². The van der Waals surface area contributed by atoms with Crippen molar-refractivity contribution >= 4 is 5.97 Å². The third-order valence-electron chi connectivity index (χ3n) is 3.29. The van der Waals surface area contributed by atoms with E-state index in [-0.39, 0.29) is 12.4 Å². The molecule has 1 aliphatic rings. The first-order chi connectivity index (χ1) is 8.22. The van der Waals surface area contributed by atoms with Crippen molar-refractivity contribution in [2.75, 3.05) is 19.7 Å². The summed E-state index contributed by atoms with van der Waals surface area (Å²) < 4.78 is 4.77. The van der Waals surface area contributed by atoms with Gasteiger partial charge in [-0.05, 0) is 25.8 Å². The molecule has 0 spiro atoms. The molecule has 0 aromatic rings. The van der Waals surface area contributed by atoms with Crippen LogP contribution in [0.5, 0.6) is 0 Å². The highest BCUT2D eigenvalue weighted by atomic mass is 16.5. The molecule has 0 heterocycles. The van der Waals surface area contributed by atoms with E-state index in [9.17, 15) is 9.90 Å². The van der Waals surface area contributed by atoms with Crippen LogP contribution in [0.4, 0.5) is 0 Å². The van der Waals surface area contributed by atoms with E-state index in [1.54, 1.807) is 6.92 Å². The second kappa shape index (κ2) is 8.48. The monoisotopic (exact) mass is 243 g/mol. The lowest BCUT2D eigenvalue weighted by molar-refractivity contribution is -0.145. The van der Waals surface area contributed by atoms with E-state index in [4.69, 9.17) is 4.74 Å². The van der Waals surface area contributed by atoms with Crippen LogP contribution in [0.2, 0.25) is 0 Å². The molecule has 0 bridgehead atoms. The van der Waals surface area contributed by atoms with Gasteiger partial charge in [-0.25, -0.2) is 0 Å². The summed E-state index contributed by atoms with van der Waals surface area (Å²) in [6, 6.07) is 0. The SMILES string of the molecule is CCOC(=O)CC(O)CNCCC1CCCC1. The van der Waals surface area contributed by atoms with Gasteiger partial charge in [0, 0.05) is 6.54 Å². The smallest absolute Gasteiger partial charge is 0.308 e. The van der Waals surface area contributed by atoms with Gasteiger partial charge in [0.25, 0.3) is 0 Å². The molecule has 0 amide bonds. The normalized spacial score (nSPS) is 18.2. The van der Waals surface area contributed by atoms with E-state index < -0.39 is 6.10 Å². The van der Waals surface area contributed by atoms with Crippen LogP contribution < -0.4 is 5.32 Å². The molecule has 1 rings (SSSR count). The quantitative estimate of drug-likeness (QED) is 0.500. The molecule has 17 heavy (non-hydrogen) atoms. The molecule has 0 aliphatic heterocycles. The number of hydrogen-bond donors (Lipinski definition) is 2. The Balaban J connectivity index is 1.95. The summed E-state index contributed by atoms with van der Waals surface area (Å²) >= 11 is 0. The third-order valence-corrected chi connectivity index (χ3v) is 3.29. The molecule has 1 saturated carbocycles. The van der Waals surface area contributed by atoms with Crippen LogP contribution in [0.3, 0.4) is 0 Å². The number of carbonyl (C=O) groups is 1. The summed E-state index contributed by atoms with van der Waals surface area (Å²) in [4.78, 5) is 11.1. The number of carbonyl (C=O) groups excluding carboxylic acids is 1. The Morgan fingerprint density at radius 3 is 2.82 bits per heavy atom. The molecule has 1 aliphatic carbocycles. The van der Waals surface area contributed by atoms with Crippen molar-refractivity contribution in [2.45, 2.75) is 51.6 Å². The van der Waals surface area contributed by atoms with E-state index in [1.165, 1.54) is 32.1 Å². The van der Waals surface area contributed by atoms with Crippen LogP contribution in [0.1, 0.15) is 45.4 Å². The summed E-state index contributed by atoms with van der Waals surface area (Å²) in [6.07, 6.45) is 6.10. The molecule has 4 heteroatoms. The topological polar surface area (TPSA) is 58.6 Å². The zero-order valence-electron chi connectivity index (χ0n) is 10.8. The van der Waals surface area contributed by atoms with E-state index in [0.717, 1.165) is 12.5 Å². The Labute approximate surface area is 104 Å². The fourth-order valence-corrected chi connectivity index (χ4v) is 2.36. The predicted molar refractivity (Wildman–Crippen MR) is 66.7 cm³/mol. The minimum Gasteiger partial charge on any atom is -0.466 e. The van der Waals surface area contributed by atoms with E-state index in [2.05, 4.69) is 5.32 Å². The maximum Gasteiger partial charge on any atom is 0.308 e. The Kier molecular flexibility index (Phi) is 7.21. The van der Waals surface area contributed by atoms with Crippen molar-refractivity contribution in [2.24, 2.45) is 5.92 Å². The van der Waals surface area contributed by atoms with E-state index >= 15 is 0 Å². The highest BCUT2D eigenvalue weighted by Crippen LogP contribution is 2.26. The average Bonchev–Trinajstić information content (AvgIpc) is 2.77. The number of ether oxygens (including phenoxy) is 1. The van der Waals surface area contributed by atoms with Gasteiger partial charge >= 0.3 is 5.97 Å². The first-order valence-electron chi connectivity index (χ1n) is 6.76. The van der Waals surface area contributed by atoms with Gasteiger partial charge in [0.05, 0.1) is 19.1 Å².